The van der Waals surface area contributed by atoms with Crippen molar-refractivity contribution >= 4 is 0 Å². The molecule has 0 aliphatic heterocycles. The Balaban J connectivity index is 1.38. The number of aromatic nitrogens is 1. The van der Waals surface area contributed by atoms with E-state index in [1.807, 2.05) is 66.7 Å². The molecule has 3 aromatic carbocycles. The Labute approximate surface area is 152 Å². The second-order valence-electron chi connectivity index (χ2n) is 6.14. The van der Waals surface area contributed by atoms with Crippen LogP contribution in [0.3, 0.4) is 0 Å². The normalized spacial score (nSPS) is 10.6. The van der Waals surface area contributed by atoms with Crippen LogP contribution in [0, 0.1) is 0 Å². The topological polar surface area (TPSA) is 35.3 Å². The lowest BCUT2D eigenvalue weighted by Crippen LogP contribution is -1.95. The number of hydrogen-bond acceptors (Lipinski definition) is 3. The van der Waals surface area contributed by atoms with Crippen molar-refractivity contribution in [3.8, 4) is 17.1 Å². The number of ether oxygens (including phenoxy) is 1. The van der Waals surface area contributed by atoms with Gasteiger partial charge < -0.3 is 9.26 Å². The second-order valence-corrected chi connectivity index (χ2v) is 6.14. The van der Waals surface area contributed by atoms with Gasteiger partial charge in [-0.1, -0.05) is 78.0 Å². The first-order valence-electron chi connectivity index (χ1n) is 8.63. The minimum absolute atomic E-state index is 0.573. The average molecular weight is 341 g/mol. The van der Waals surface area contributed by atoms with Gasteiger partial charge in [-0.15, -0.1) is 0 Å². The second kappa shape index (κ2) is 7.70. The van der Waals surface area contributed by atoms with E-state index < -0.39 is 0 Å². The molecule has 3 heteroatoms. The van der Waals surface area contributed by atoms with Gasteiger partial charge in [-0.3, -0.25) is 0 Å². The molecule has 0 amide bonds. The highest BCUT2D eigenvalue weighted by molar-refractivity contribution is 5.57. The third kappa shape index (κ3) is 4.01. The van der Waals surface area contributed by atoms with Gasteiger partial charge in [0.05, 0.1) is 5.69 Å². The molecule has 0 bridgehead atoms. The van der Waals surface area contributed by atoms with Crippen LogP contribution in [0.4, 0.5) is 0 Å². The molecule has 0 saturated carbocycles. The van der Waals surface area contributed by atoms with Gasteiger partial charge in [0.1, 0.15) is 12.4 Å². The maximum absolute atomic E-state index is 5.83. The molecule has 0 aliphatic carbocycles. The van der Waals surface area contributed by atoms with E-state index >= 15 is 0 Å². The zero-order valence-corrected chi connectivity index (χ0v) is 14.3. The Morgan fingerprint density at radius 1 is 0.731 bits per heavy atom. The van der Waals surface area contributed by atoms with Crippen molar-refractivity contribution in [2.75, 3.05) is 0 Å². The Bertz CT molecular complexity index is 944. The monoisotopic (exact) mass is 341 g/mol. The lowest BCUT2D eigenvalue weighted by Gasteiger charge is -2.07. The molecule has 4 rings (SSSR count). The molecule has 0 spiro atoms. The van der Waals surface area contributed by atoms with Gasteiger partial charge in [0.25, 0.3) is 0 Å². The van der Waals surface area contributed by atoms with Gasteiger partial charge in [-0.2, -0.15) is 0 Å². The van der Waals surface area contributed by atoms with Gasteiger partial charge in [-0.25, -0.2) is 0 Å². The predicted octanol–water partition coefficient (Wildman–Crippen LogP) is 5.51. The summed E-state index contributed by atoms with van der Waals surface area (Å²) in [7, 11) is 0. The number of hydrogen-bond donors (Lipinski definition) is 0. The van der Waals surface area contributed by atoms with Crippen LogP contribution in [0.15, 0.2) is 95.5 Å². The van der Waals surface area contributed by atoms with Crippen LogP contribution >= 0.6 is 0 Å². The summed E-state index contributed by atoms with van der Waals surface area (Å²) in [4.78, 5) is 0. The molecule has 3 nitrogen and oxygen atoms in total. The molecule has 0 radical (unpaired) electrons. The first-order chi connectivity index (χ1) is 12.9. The number of nitrogens with zero attached hydrogens (tertiary/aromatic N) is 1. The molecule has 26 heavy (non-hydrogen) atoms. The smallest absolute Gasteiger partial charge is 0.167 e. The molecule has 1 aromatic heterocycles. The Hall–Kier alpha value is -3.33. The van der Waals surface area contributed by atoms with Crippen LogP contribution in [0.25, 0.3) is 11.3 Å². The quantitative estimate of drug-likeness (QED) is 0.464. The van der Waals surface area contributed by atoms with Crippen molar-refractivity contribution in [1.82, 2.24) is 5.16 Å². The van der Waals surface area contributed by atoms with E-state index in [0.717, 1.165) is 34.8 Å². The van der Waals surface area contributed by atoms with Crippen molar-refractivity contribution in [1.29, 1.82) is 0 Å². The minimum Gasteiger partial charge on any atom is -0.489 e. The van der Waals surface area contributed by atoms with Gasteiger partial charge in [0, 0.05) is 18.1 Å². The zero-order chi connectivity index (χ0) is 17.6. The maximum atomic E-state index is 5.83. The summed E-state index contributed by atoms with van der Waals surface area (Å²) in [6, 6.07) is 30.3. The minimum atomic E-state index is 0.573. The fraction of sp³-hybridized carbons (Fsp3) is 0.0870. The lowest BCUT2D eigenvalue weighted by molar-refractivity contribution is 0.306. The molecule has 128 valence electrons. The van der Waals surface area contributed by atoms with E-state index in [1.54, 1.807) is 0 Å². The largest absolute Gasteiger partial charge is 0.489 e. The molecule has 0 atom stereocenters. The highest BCUT2D eigenvalue weighted by Crippen LogP contribution is 2.22. The Morgan fingerprint density at radius 2 is 1.42 bits per heavy atom. The number of rotatable bonds is 6. The van der Waals surface area contributed by atoms with Crippen LogP contribution in [-0.4, -0.2) is 5.16 Å². The third-order valence-corrected chi connectivity index (χ3v) is 4.17. The summed E-state index contributed by atoms with van der Waals surface area (Å²) in [5.41, 5.74) is 4.29. The molecule has 0 fully saturated rings. The molecular formula is C23H19NO2. The summed E-state index contributed by atoms with van der Waals surface area (Å²) in [6.45, 7) is 0.573. The van der Waals surface area contributed by atoms with Crippen LogP contribution in [-0.2, 0) is 13.0 Å². The molecule has 0 saturated heterocycles. The van der Waals surface area contributed by atoms with Crippen LogP contribution in [0.1, 0.15) is 16.8 Å². The summed E-state index contributed by atoms with van der Waals surface area (Å²) in [6.07, 6.45) is 0.731. The van der Waals surface area contributed by atoms with Crippen LogP contribution < -0.4 is 4.74 Å². The van der Waals surface area contributed by atoms with E-state index in [9.17, 15) is 0 Å². The Morgan fingerprint density at radius 3 is 2.15 bits per heavy atom. The summed E-state index contributed by atoms with van der Waals surface area (Å²) in [5, 5.41) is 4.18. The molecule has 1 heterocycles. The zero-order valence-electron chi connectivity index (χ0n) is 14.3. The van der Waals surface area contributed by atoms with Crippen LogP contribution in [0.5, 0.6) is 5.75 Å². The molecular weight excluding hydrogens is 322 g/mol. The van der Waals surface area contributed by atoms with Gasteiger partial charge >= 0.3 is 0 Å². The first-order valence-corrected chi connectivity index (χ1v) is 8.63. The predicted molar refractivity (Wildman–Crippen MR) is 102 cm³/mol. The highest BCUT2D eigenvalue weighted by Gasteiger charge is 2.07. The van der Waals surface area contributed by atoms with E-state index in [-0.39, 0.29) is 0 Å². The summed E-state index contributed by atoms with van der Waals surface area (Å²) < 4.78 is 11.3. The summed E-state index contributed by atoms with van der Waals surface area (Å²) >= 11 is 0. The van der Waals surface area contributed by atoms with Gasteiger partial charge in [0.2, 0.25) is 0 Å². The van der Waals surface area contributed by atoms with Crippen LogP contribution in [0.2, 0.25) is 0 Å². The van der Waals surface area contributed by atoms with E-state index in [2.05, 4.69) is 29.4 Å². The standard InChI is InChI=1S/C23H19NO2/c1-3-7-19(8-4-1)17-25-22-13-11-18(12-14-22)15-21-16-23(26-24-21)20-9-5-2-6-10-20/h1-14,16H,15,17H2. The van der Waals surface area contributed by atoms with E-state index in [0.29, 0.717) is 6.61 Å². The van der Waals surface area contributed by atoms with Gasteiger partial charge in [0.15, 0.2) is 5.76 Å². The Kier molecular flexibility index (Phi) is 4.79. The summed E-state index contributed by atoms with van der Waals surface area (Å²) in [5.74, 6) is 1.66. The fourth-order valence-electron chi connectivity index (χ4n) is 2.79. The van der Waals surface area contributed by atoms with E-state index in [1.165, 1.54) is 5.56 Å². The molecule has 0 N–H and O–H groups in total. The average Bonchev–Trinajstić information content (AvgIpc) is 3.17. The first kappa shape index (κ1) is 16.2. The number of benzene rings is 3. The lowest BCUT2D eigenvalue weighted by atomic mass is 10.1. The maximum Gasteiger partial charge on any atom is 0.167 e. The molecule has 4 aromatic rings. The third-order valence-electron chi connectivity index (χ3n) is 4.17. The van der Waals surface area contributed by atoms with E-state index in [4.69, 9.17) is 9.26 Å². The SMILES string of the molecule is c1ccc(COc2ccc(Cc3cc(-c4ccccc4)on3)cc2)cc1. The van der Waals surface area contributed by atoms with Crippen molar-refractivity contribution in [2.45, 2.75) is 13.0 Å². The van der Waals surface area contributed by atoms with Crippen molar-refractivity contribution in [2.24, 2.45) is 0 Å². The van der Waals surface area contributed by atoms with Gasteiger partial charge in [-0.05, 0) is 23.3 Å². The fourth-order valence-corrected chi connectivity index (χ4v) is 2.79. The highest BCUT2D eigenvalue weighted by atomic mass is 16.5. The molecule has 0 unspecified atom stereocenters. The van der Waals surface area contributed by atoms with Crippen molar-refractivity contribution in [3.63, 3.8) is 0 Å². The molecule has 0 aliphatic rings. The van der Waals surface area contributed by atoms with Crippen molar-refractivity contribution < 1.29 is 9.26 Å². The van der Waals surface area contributed by atoms with Crippen molar-refractivity contribution in [3.05, 3.63) is 108 Å².